The summed E-state index contributed by atoms with van der Waals surface area (Å²) < 4.78 is 0. The number of hydrogen-bond donors (Lipinski definition) is 4. The van der Waals surface area contributed by atoms with Crippen molar-refractivity contribution >= 4 is 29.1 Å². The van der Waals surface area contributed by atoms with Gasteiger partial charge in [0.25, 0.3) is 0 Å². The summed E-state index contributed by atoms with van der Waals surface area (Å²) in [5.41, 5.74) is 0.368. The minimum absolute atomic E-state index is 0.123. The van der Waals surface area contributed by atoms with Crippen LogP contribution in [-0.4, -0.2) is 47.5 Å². The first kappa shape index (κ1) is 27.4. The van der Waals surface area contributed by atoms with E-state index < -0.39 is 23.5 Å². The average Bonchev–Trinajstić information content (AvgIpc) is 3.12. The number of benzene rings is 2. The van der Waals surface area contributed by atoms with Gasteiger partial charge in [-0.3, -0.25) is 4.79 Å². The summed E-state index contributed by atoms with van der Waals surface area (Å²) in [6.07, 6.45) is -0.0350. The Kier molecular flexibility index (Phi) is 8.85. The zero-order valence-electron chi connectivity index (χ0n) is 20.3. The molecule has 1 heterocycles. The molecule has 0 bridgehead atoms. The van der Waals surface area contributed by atoms with Crippen LogP contribution in [0, 0.1) is 16.7 Å². The summed E-state index contributed by atoms with van der Waals surface area (Å²) in [5, 5.41) is 37.1. The van der Waals surface area contributed by atoms with E-state index in [1.807, 2.05) is 30.3 Å². The fourth-order valence-electron chi connectivity index (χ4n) is 5.02. The SMILES string of the molecule is CC(C)(C)C[C@@H]1N[C@@H](C(=O)NCC[C@@H](O)CO)[C@H](c2cccc(Cl)c2)[C@@]1(C#N)c1ccc(Cl)cc1. The van der Waals surface area contributed by atoms with Gasteiger partial charge in [0, 0.05) is 28.5 Å². The highest BCUT2D eigenvalue weighted by molar-refractivity contribution is 6.30. The largest absolute Gasteiger partial charge is 0.394 e. The molecular weight excluding hydrogens is 485 g/mol. The van der Waals surface area contributed by atoms with Crippen LogP contribution in [-0.2, 0) is 10.2 Å². The number of aliphatic hydroxyl groups is 2. The first-order valence-electron chi connectivity index (χ1n) is 11.8. The number of nitriles is 1. The first-order chi connectivity index (χ1) is 16.5. The van der Waals surface area contributed by atoms with Crippen LogP contribution >= 0.6 is 23.2 Å². The summed E-state index contributed by atoms with van der Waals surface area (Å²) in [4.78, 5) is 13.5. The molecule has 188 valence electrons. The topological polar surface area (TPSA) is 105 Å². The molecule has 2 aromatic rings. The molecule has 0 radical (unpaired) electrons. The van der Waals surface area contributed by atoms with E-state index in [1.165, 1.54) is 0 Å². The molecular formula is C27H33Cl2N3O3. The number of carbonyl (C=O) groups is 1. The molecule has 4 N–H and O–H groups in total. The van der Waals surface area contributed by atoms with Crippen molar-refractivity contribution in [3.05, 3.63) is 69.7 Å². The summed E-state index contributed by atoms with van der Waals surface area (Å²) in [6.45, 7) is 6.15. The maximum absolute atomic E-state index is 13.5. The van der Waals surface area contributed by atoms with Crippen LogP contribution in [0.3, 0.4) is 0 Å². The third-order valence-corrected chi connectivity index (χ3v) is 7.04. The molecule has 1 fully saturated rings. The van der Waals surface area contributed by atoms with E-state index in [0.29, 0.717) is 16.5 Å². The summed E-state index contributed by atoms with van der Waals surface area (Å²) in [7, 11) is 0. The van der Waals surface area contributed by atoms with E-state index in [1.54, 1.807) is 18.2 Å². The Bertz CT molecular complexity index is 1060. The molecule has 0 spiro atoms. The van der Waals surface area contributed by atoms with Gasteiger partial charge in [-0.15, -0.1) is 0 Å². The molecule has 3 rings (SSSR count). The van der Waals surface area contributed by atoms with Crippen molar-refractivity contribution in [2.45, 2.75) is 63.1 Å². The van der Waals surface area contributed by atoms with Crippen LogP contribution in [0.25, 0.3) is 0 Å². The number of amides is 1. The van der Waals surface area contributed by atoms with Gasteiger partial charge in [-0.2, -0.15) is 5.26 Å². The molecule has 0 aliphatic carbocycles. The second kappa shape index (κ2) is 11.3. The van der Waals surface area contributed by atoms with E-state index in [4.69, 9.17) is 28.3 Å². The lowest BCUT2D eigenvalue weighted by Crippen LogP contribution is -2.46. The Balaban J connectivity index is 2.14. The lowest BCUT2D eigenvalue weighted by Gasteiger charge is -2.37. The predicted molar refractivity (Wildman–Crippen MR) is 138 cm³/mol. The summed E-state index contributed by atoms with van der Waals surface area (Å²) >= 11 is 12.5. The van der Waals surface area contributed by atoms with Crippen molar-refractivity contribution in [3.63, 3.8) is 0 Å². The van der Waals surface area contributed by atoms with E-state index in [0.717, 1.165) is 11.1 Å². The van der Waals surface area contributed by atoms with Crippen LogP contribution in [0.2, 0.25) is 10.0 Å². The molecule has 0 aromatic heterocycles. The number of nitrogens with zero attached hydrogens (tertiary/aromatic N) is 1. The average molecular weight is 518 g/mol. The van der Waals surface area contributed by atoms with Gasteiger partial charge >= 0.3 is 0 Å². The lowest BCUT2D eigenvalue weighted by molar-refractivity contribution is -0.123. The predicted octanol–water partition coefficient (Wildman–Crippen LogP) is 4.17. The van der Waals surface area contributed by atoms with Crippen molar-refractivity contribution in [1.82, 2.24) is 10.6 Å². The van der Waals surface area contributed by atoms with Crippen LogP contribution in [0.4, 0.5) is 0 Å². The summed E-state index contributed by atoms with van der Waals surface area (Å²) in [6, 6.07) is 16.1. The van der Waals surface area contributed by atoms with Gasteiger partial charge in [0.15, 0.2) is 0 Å². The van der Waals surface area contributed by atoms with Gasteiger partial charge < -0.3 is 20.8 Å². The second-order valence-electron chi connectivity index (χ2n) is 10.4. The Hall–Kier alpha value is -2.14. The van der Waals surface area contributed by atoms with Crippen LogP contribution in [0.5, 0.6) is 0 Å². The number of hydrogen-bond acceptors (Lipinski definition) is 5. The molecule has 5 atom stereocenters. The van der Waals surface area contributed by atoms with E-state index >= 15 is 0 Å². The summed E-state index contributed by atoms with van der Waals surface area (Å²) in [5.74, 6) is -0.812. The van der Waals surface area contributed by atoms with Crippen LogP contribution in [0.15, 0.2) is 48.5 Å². The highest BCUT2D eigenvalue weighted by Gasteiger charge is 2.59. The standard InChI is InChI=1S/C27H33Cl2N3O3/c1-26(2,3)14-22-27(16-30,18-7-9-19(28)10-8-18)23(17-5-4-6-20(29)13-17)24(32-22)25(35)31-12-11-21(34)15-33/h4-10,13,21-24,32-34H,11-12,14-15H2,1-3H3,(H,31,35)/t21-,22+,23+,24-,27+/m1/s1. The highest BCUT2D eigenvalue weighted by Crippen LogP contribution is 2.51. The van der Waals surface area contributed by atoms with E-state index in [-0.39, 0.29) is 36.9 Å². The Labute approximate surface area is 217 Å². The molecule has 35 heavy (non-hydrogen) atoms. The monoisotopic (exact) mass is 517 g/mol. The van der Waals surface area contributed by atoms with Gasteiger partial charge in [0.2, 0.25) is 5.91 Å². The minimum Gasteiger partial charge on any atom is -0.394 e. The molecule has 1 saturated heterocycles. The molecule has 0 unspecified atom stereocenters. The Morgan fingerprint density at radius 3 is 2.46 bits per heavy atom. The van der Waals surface area contributed by atoms with Crippen molar-refractivity contribution in [2.75, 3.05) is 13.2 Å². The molecule has 1 amide bonds. The lowest BCUT2D eigenvalue weighted by atomic mass is 9.63. The number of nitrogens with one attached hydrogen (secondary N) is 2. The van der Waals surface area contributed by atoms with E-state index in [2.05, 4.69) is 37.5 Å². The Morgan fingerprint density at radius 2 is 1.89 bits per heavy atom. The molecule has 8 heteroatoms. The van der Waals surface area contributed by atoms with Crippen LogP contribution in [0.1, 0.15) is 50.7 Å². The van der Waals surface area contributed by atoms with Gasteiger partial charge in [-0.05, 0) is 53.6 Å². The first-order valence-corrected chi connectivity index (χ1v) is 12.5. The zero-order valence-corrected chi connectivity index (χ0v) is 21.8. The van der Waals surface area contributed by atoms with Gasteiger partial charge in [0.05, 0.1) is 24.8 Å². The normalized spacial score (nSPS) is 25.1. The van der Waals surface area contributed by atoms with Gasteiger partial charge in [-0.1, -0.05) is 68.2 Å². The van der Waals surface area contributed by atoms with Crippen molar-refractivity contribution in [2.24, 2.45) is 5.41 Å². The Morgan fingerprint density at radius 1 is 1.20 bits per heavy atom. The van der Waals surface area contributed by atoms with E-state index in [9.17, 15) is 15.2 Å². The van der Waals surface area contributed by atoms with Gasteiger partial charge in [0.1, 0.15) is 5.41 Å². The number of rotatable bonds is 8. The maximum Gasteiger partial charge on any atom is 0.237 e. The number of aliphatic hydroxyl groups excluding tert-OH is 2. The van der Waals surface area contributed by atoms with Gasteiger partial charge in [-0.25, -0.2) is 0 Å². The van der Waals surface area contributed by atoms with Crippen molar-refractivity contribution in [3.8, 4) is 6.07 Å². The number of halogens is 2. The fraction of sp³-hybridized carbons (Fsp3) is 0.481. The molecule has 2 aromatic carbocycles. The molecule has 1 aliphatic rings. The van der Waals surface area contributed by atoms with Crippen molar-refractivity contribution in [1.29, 1.82) is 5.26 Å². The third kappa shape index (κ3) is 6.17. The quantitative estimate of drug-likeness (QED) is 0.420. The smallest absolute Gasteiger partial charge is 0.237 e. The van der Waals surface area contributed by atoms with Crippen molar-refractivity contribution < 1.29 is 15.0 Å². The molecule has 6 nitrogen and oxygen atoms in total. The molecule has 1 aliphatic heterocycles. The molecule has 0 saturated carbocycles. The second-order valence-corrected chi connectivity index (χ2v) is 11.3. The van der Waals surface area contributed by atoms with Crippen LogP contribution < -0.4 is 10.6 Å². The fourth-order valence-corrected chi connectivity index (χ4v) is 5.35. The zero-order chi connectivity index (χ0) is 25.8. The third-order valence-electron chi connectivity index (χ3n) is 6.56. The maximum atomic E-state index is 13.5. The highest BCUT2D eigenvalue weighted by atomic mass is 35.5. The minimum atomic E-state index is -1.07. The number of carbonyl (C=O) groups excluding carboxylic acids is 1.